The van der Waals surface area contributed by atoms with Gasteiger partial charge in [-0.15, -0.1) is 0 Å². The van der Waals surface area contributed by atoms with E-state index in [-0.39, 0.29) is 41.5 Å². The molecule has 6 heteroatoms. The maximum Gasteiger partial charge on any atom is 0.326 e. The first-order valence-corrected chi connectivity index (χ1v) is 13.7. The summed E-state index contributed by atoms with van der Waals surface area (Å²) in [6.07, 6.45) is 15.6. The van der Waals surface area contributed by atoms with Crippen LogP contribution in [0, 0.1) is 23.7 Å². The molecule has 5 atom stereocenters. The van der Waals surface area contributed by atoms with E-state index in [1.807, 2.05) is 0 Å². The van der Waals surface area contributed by atoms with Crippen LogP contribution in [0.1, 0.15) is 110 Å². The lowest BCUT2D eigenvalue weighted by atomic mass is 9.84. The number of aliphatic carboxylic acids is 1. The summed E-state index contributed by atoms with van der Waals surface area (Å²) in [5, 5.41) is 13.0. The summed E-state index contributed by atoms with van der Waals surface area (Å²) in [6.45, 7) is 4.77. The van der Waals surface area contributed by atoms with Crippen molar-refractivity contribution in [1.82, 2.24) is 10.2 Å². The van der Waals surface area contributed by atoms with E-state index in [2.05, 4.69) is 19.2 Å². The molecule has 2 N–H and O–H groups in total. The van der Waals surface area contributed by atoms with Gasteiger partial charge in [-0.2, -0.15) is 0 Å². The molecule has 5 unspecified atom stereocenters. The van der Waals surface area contributed by atoms with Gasteiger partial charge in [0.05, 0.1) is 0 Å². The summed E-state index contributed by atoms with van der Waals surface area (Å²) in [5.74, 6) is -0.375. The fourth-order valence-corrected chi connectivity index (χ4v) is 6.71. The number of likely N-dealkylation sites (tertiary alicyclic amines) is 1. The molecule has 1 aliphatic heterocycles. The molecule has 33 heavy (non-hydrogen) atoms. The van der Waals surface area contributed by atoms with Crippen molar-refractivity contribution in [3.8, 4) is 0 Å². The van der Waals surface area contributed by atoms with Gasteiger partial charge in [-0.1, -0.05) is 65.2 Å². The second-order valence-electron chi connectivity index (χ2n) is 11.0. The van der Waals surface area contributed by atoms with E-state index in [9.17, 15) is 19.5 Å². The molecule has 188 valence electrons. The lowest BCUT2D eigenvalue weighted by Gasteiger charge is -2.37. The Hall–Kier alpha value is -1.59. The van der Waals surface area contributed by atoms with E-state index < -0.39 is 12.0 Å². The Balaban J connectivity index is 1.59. The molecular weight excluding hydrogens is 416 g/mol. The maximum atomic E-state index is 13.5. The first-order chi connectivity index (χ1) is 15.9. The number of nitrogens with zero attached hydrogens (tertiary/aromatic N) is 1. The molecule has 2 saturated carbocycles. The average molecular weight is 463 g/mol. The average Bonchev–Trinajstić information content (AvgIpc) is 3.12. The van der Waals surface area contributed by atoms with E-state index in [0.29, 0.717) is 19.4 Å². The molecule has 2 amide bonds. The van der Waals surface area contributed by atoms with Gasteiger partial charge < -0.3 is 15.3 Å². The van der Waals surface area contributed by atoms with Crippen LogP contribution in [0.5, 0.6) is 0 Å². The third kappa shape index (κ3) is 6.95. The lowest BCUT2D eigenvalue weighted by molar-refractivity contribution is -0.155. The van der Waals surface area contributed by atoms with Crippen molar-refractivity contribution in [3.63, 3.8) is 0 Å². The van der Waals surface area contributed by atoms with Crippen LogP contribution in [0.2, 0.25) is 0 Å². The molecule has 0 spiro atoms. The smallest absolute Gasteiger partial charge is 0.326 e. The minimum absolute atomic E-state index is 0.0108. The number of carboxylic acid groups (broad SMARTS) is 1. The number of carbonyl (C=O) groups is 3. The Bertz CT molecular complexity index is 657. The molecule has 0 aromatic heterocycles. The molecule has 0 aromatic rings. The molecule has 6 nitrogen and oxygen atoms in total. The third-order valence-electron chi connectivity index (χ3n) is 8.72. The summed E-state index contributed by atoms with van der Waals surface area (Å²) in [6, 6.07) is -0.401. The van der Waals surface area contributed by atoms with Crippen LogP contribution in [0.25, 0.3) is 0 Å². The highest BCUT2D eigenvalue weighted by atomic mass is 16.4. The topological polar surface area (TPSA) is 86.7 Å². The van der Waals surface area contributed by atoms with Crippen LogP contribution < -0.4 is 5.32 Å². The Labute approximate surface area is 200 Å². The number of piperidine rings is 1. The van der Waals surface area contributed by atoms with Crippen LogP contribution in [0.4, 0.5) is 0 Å². The zero-order valence-electron chi connectivity index (χ0n) is 20.9. The van der Waals surface area contributed by atoms with Crippen molar-refractivity contribution in [3.05, 3.63) is 0 Å². The number of hydrogen-bond donors (Lipinski definition) is 2. The van der Waals surface area contributed by atoms with Crippen LogP contribution >= 0.6 is 0 Å². The molecule has 1 saturated heterocycles. The van der Waals surface area contributed by atoms with Gasteiger partial charge in [-0.3, -0.25) is 9.59 Å². The van der Waals surface area contributed by atoms with Crippen LogP contribution in [0.3, 0.4) is 0 Å². The fourth-order valence-electron chi connectivity index (χ4n) is 6.71. The number of hydrogen-bond acceptors (Lipinski definition) is 3. The second-order valence-corrected chi connectivity index (χ2v) is 11.0. The van der Waals surface area contributed by atoms with Crippen molar-refractivity contribution in [1.29, 1.82) is 0 Å². The Morgan fingerprint density at radius 1 is 0.879 bits per heavy atom. The summed E-state index contributed by atoms with van der Waals surface area (Å²) in [7, 11) is 0. The van der Waals surface area contributed by atoms with Crippen LogP contribution in [0.15, 0.2) is 0 Å². The van der Waals surface area contributed by atoms with Gasteiger partial charge in [-0.05, 0) is 56.3 Å². The number of carboxylic acids is 1. The van der Waals surface area contributed by atoms with Crippen molar-refractivity contribution in [2.45, 2.75) is 122 Å². The molecular formula is C27H46N2O4. The summed E-state index contributed by atoms with van der Waals surface area (Å²) >= 11 is 0. The predicted octanol–water partition coefficient (Wildman–Crippen LogP) is 5.15. The Morgan fingerprint density at radius 2 is 1.48 bits per heavy atom. The fraction of sp³-hybridized carbons (Fsp3) is 0.889. The number of nitrogens with one attached hydrogen (secondary N) is 1. The first kappa shape index (κ1) is 26.0. The highest BCUT2D eigenvalue weighted by Gasteiger charge is 2.47. The monoisotopic (exact) mass is 462 g/mol. The third-order valence-corrected chi connectivity index (χ3v) is 8.72. The highest BCUT2D eigenvalue weighted by Crippen LogP contribution is 2.46. The molecule has 2 aliphatic carbocycles. The second kappa shape index (κ2) is 12.8. The number of rotatable bonds is 6. The van der Waals surface area contributed by atoms with Crippen molar-refractivity contribution in [2.24, 2.45) is 23.7 Å². The van der Waals surface area contributed by atoms with Gasteiger partial charge in [0.25, 0.3) is 0 Å². The van der Waals surface area contributed by atoms with Gasteiger partial charge >= 0.3 is 5.97 Å². The minimum Gasteiger partial charge on any atom is -0.480 e. The molecule has 0 bridgehead atoms. The van der Waals surface area contributed by atoms with E-state index >= 15 is 0 Å². The van der Waals surface area contributed by atoms with Gasteiger partial charge in [0, 0.05) is 24.9 Å². The normalized spacial score (nSPS) is 32.3. The molecule has 1 heterocycles. The van der Waals surface area contributed by atoms with E-state index in [1.54, 1.807) is 4.90 Å². The molecule has 3 rings (SSSR count). The number of amides is 2. The molecule has 3 aliphatic rings. The van der Waals surface area contributed by atoms with Crippen molar-refractivity contribution < 1.29 is 19.5 Å². The van der Waals surface area contributed by atoms with E-state index in [0.717, 1.165) is 38.5 Å². The minimum atomic E-state index is -0.886. The van der Waals surface area contributed by atoms with Gasteiger partial charge in [0.1, 0.15) is 6.04 Å². The SMILES string of the molecule is CCC1CC(CC(=O)NC2CCCCCCCCC2)C(C)C1C(=O)N1CCCCC1C(=O)O. The summed E-state index contributed by atoms with van der Waals surface area (Å²) in [4.78, 5) is 39.9. The predicted molar refractivity (Wildman–Crippen MR) is 130 cm³/mol. The molecule has 0 aromatic carbocycles. The zero-order chi connectivity index (χ0) is 23.8. The van der Waals surface area contributed by atoms with Crippen molar-refractivity contribution >= 4 is 17.8 Å². The molecule has 3 fully saturated rings. The standard InChI is InChI=1S/C27H46N2O4/c1-3-20-17-21(18-24(30)28-22-13-9-7-5-4-6-8-10-14-22)19(2)25(20)26(31)29-16-12-11-15-23(29)27(32)33/h19-23,25H,3-18H2,1-2H3,(H,28,30)(H,32,33). The van der Waals surface area contributed by atoms with E-state index in [1.165, 1.54) is 44.9 Å². The summed E-state index contributed by atoms with van der Waals surface area (Å²) in [5.41, 5.74) is 0. The van der Waals surface area contributed by atoms with Crippen molar-refractivity contribution in [2.75, 3.05) is 6.54 Å². The molecule has 0 radical (unpaired) electrons. The first-order valence-electron chi connectivity index (χ1n) is 13.7. The Morgan fingerprint density at radius 3 is 2.09 bits per heavy atom. The largest absolute Gasteiger partial charge is 0.480 e. The van der Waals surface area contributed by atoms with Crippen LogP contribution in [-0.4, -0.2) is 46.4 Å². The van der Waals surface area contributed by atoms with Gasteiger partial charge in [-0.25, -0.2) is 4.79 Å². The van der Waals surface area contributed by atoms with Gasteiger partial charge in [0.15, 0.2) is 0 Å². The van der Waals surface area contributed by atoms with E-state index in [4.69, 9.17) is 0 Å². The zero-order valence-corrected chi connectivity index (χ0v) is 20.9. The maximum absolute atomic E-state index is 13.5. The highest BCUT2D eigenvalue weighted by molar-refractivity contribution is 5.86. The quantitative estimate of drug-likeness (QED) is 0.571. The van der Waals surface area contributed by atoms with Gasteiger partial charge in [0.2, 0.25) is 11.8 Å². The summed E-state index contributed by atoms with van der Waals surface area (Å²) < 4.78 is 0. The lowest BCUT2D eigenvalue weighted by Crippen LogP contribution is -2.51. The number of carbonyl (C=O) groups excluding carboxylic acids is 2. The van der Waals surface area contributed by atoms with Crippen LogP contribution in [-0.2, 0) is 14.4 Å². The Kier molecular flexibility index (Phi) is 10.1.